The van der Waals surface area contributed by atoms with Gasteiger partial charge in [-0.05, 0) is 31.7 Å². The second-order valence-electron chi connectivity index (χ2n) is 6.31. The molecule has 2 N–H and O–H groups in total. The Balaban J connectivity index is 1.91. The second-order valence-corrected chi connectivity index (χ2v) is 6.31. The normalized spacial score (nSPS) is 26.9. The van der Waals surface area contributed by atoms with Crippen LogP contribution in [-0.2, 0) is 18.4 Å². The molecule has 0 bridgehead atoms. The summed E-state index contributed by atoms with van der Waals surface area (Å²) in [4.78, 5) is 0. The fourth-order valence-electron chi connectivity index (χ4n) is 3.59. The van der Waals surface area contributed by atoms with E-state index in [4.69, 9.17) is 5.73 Å². The van der Waals surface area contributed by atoms with Crippen molar-refractivity contribution in [3.8, 4) is 0 Å². The van der Waals surface area contributed by atoms with E-state index in [0.717, 1.165) is 19.5 Å². The molecule has 18 heavy (non-hydrogen) atoms. The van der Waals surface area contributed by atoms with Crippen molar-refractivity contribution < 1.29 is 0 Å². The Labute approximate surface area is 109 Å². The summed E-state index contributed by atoms with van der Waals surface area (Å²) in [5, 5.41) is 8.95. The Morgan fingerprint density at radius 3 is 2.78 bits per heavy atom. The number of nitrogens with zero attached hydrogens (tertiary/aromatic N) is 3. The fourth-order valence-corrected chi connectivity index (χ4v) is 3.59. The zero-order valence-corrected chi connectivity index (χ0v) is 11.4. The lowest BCUT2D eigenvalue weighted by molar-refractivity contribution is 0.277. The van der Waals surface area contributed by atoms with E-state index < -0.39 is 0 Å². The molecule has 0 spiro atoms. The van der Waals surface area contributed by atoms with Crippen molar-refractivity contribution in [3.63, 3.8) is 0 Å². The van der Waals surface area contributed by atoms with Gasteiger partial charge in [-0.3, -0.25) is 0 Å². The third-order valence-corrected chi connectivity index (χ3v) is 4.87. The van der Waals surface area contributed by atoms with Crippen LogP contribution in [0.4, 0.5) is 0 Å². The summed E-state index contributed by atoms with van der Waals surface area (Å²) in [5.41, 5.74) is 6.09. The van der Waals surface area contributed by atoms with Gasteiger partial charge in [0.25, 0.3) is 0 Å². The lowest BCUT2D eigenvalue weighted by atomic mass is 9.75. The van der Waals surface area contributed by atoms with Crippen LogP contribution in [0.15, 0.2) is 0 Å². The molecule has 1 aromatic rings. The molecule has 100 valence electrons. The first-order valence-corrected chi connectivity index (χ1v) is 7.35. The number of hydrogen-bond donors (Lipinski definition) is 1. The molecule has 4 heteroatoms. The van der Waals surface area contributed by atoms with Gasteiger partial charge in [-0.25, -0.2) is 0 Å². The van der Waals surface area contributed by atoms with E-state index in [1.165, 1.54) is 50.2 Å². The van der Waals surface area contributed by atoms with Gasteiger partial charge >= 0.3 is 0 Å². The van der Waals surface area contributed by atoms with Gasteiger partial charge in [-0.1, -0.05) is 26.2 Å². The summed E-state index contributed by atoms with van der Waals surface area (Å²) in [6, 6.07) is 0. The SMILES string of the molecule is CC1(c2nnc3n2CC(CN)CC3)CCCCC1. The first kappa shape index (κ1) is 12.2. The molecule has 1 atom stereocenters. The Kier molecular flexibility index (Phi) is 3.14. The van der Waals surface area contributed by atoms with Gasteiger partial charge in [0.15, 0.2) is 0 Å². The number of rotatable bonds is 2. The third kappa shape index (κ3) is 1.96. The fraction of sp³-hybridized carbons (Fsp3) is 0.857. The van der Waals surface area contributed by atoms with Gasteiger partial charge in [-0.15, -0.1) is 10.2 Å². The Hall–Kier alpha value is -0.900. The summed E-state index contributed by atoms with van der Waals surface area (Å²) in [6.07, 6.45) is 8.78. The maximum Gasteiger partial charge on any atom is 0.138 e. The van der Waals surface area contributed by atoms with Crippen molar-refractivity contribution in [3.05, 3.63) is 11.6 Å². The van der Waals surface area contributed by atoms with Gasteiger partial charge in [0.2, 0.25) is 0 Å². The number of fused-ring (bicyclic) bond motifs is 1. The average molecular weight is 248 g/mol. The summed E-state index contributed by atoms with van der Waals surface area (Å²) >= 11 is 0. The molecule has 2 heterocycles. The van der Waals surface area contributed by atoms with Gasteiger partial charge in [0.1, 0.15) is 11.6 Å². The Morgan fingerprint density at radius 2 is 2.06 bits per heavy atom. The van der Waals surface area contributed by atoms with E-state index in [-0.39, 0.29) is 5.41 Å². The van der Waals surface area contributed by atoms with Crippen molar-refractivity contribution in [2.24, 2.45) is 11.7 Å². The van der Waals surface area contributed by atoms with Gasteiger partial charge in [0, 0.05) is 18.4 Å². The average Bonchev–Trinajstić information content (AvgIpc) is 2.83. The first-order chi connectivity index (χ1) is 8.73. The molecule has 4 nitrogen and oxygen atoms in total. The molecule has 1 fully saturated rings. The molecule has 1 aliphatic carbocycles. The van der Waals surface area contributed by atoms with Gasteiger partial charge < -0.3 is 10.3 Å². The zero-order valence-electron chi connectivity index (χ0n) is 11.4. The molecule has 1 aliphatic heterocycles. The number of aryl methyl sites for hydroxylation is 1. The summed E-state index contributed by atoms with van der Waals surface area (Å²) in [7, 11) is 0. The smallest absolute Gasteiger partial charge is 0.138 e. The third-order valence-electron chi connectivity index (χ3n) is 4.87. The first-order valence-electron chi connectivity index (χ1n) is 7.35. The Morgan fingerprint density at radius 1 is 1.28 bits per heavy atom. The van der Waals surface area contributed by atoms with Crippen molar-refractivity contribution >= 4 is 0 Å². The molecule has 1 saturated carbocycles. The molecule has 0 aromatic carbocycles. The number of aromatic nitrogens is 3. The van der Waals surface area contributed by atoms with Crippen LogP contribution in [-0.4, -0.2) is 21.3 Å². The minimum atomic E-state index is 0.250. The van der Waals surface area contributed by atoms with Crippen LogP contribution in [0, 0.1) is 5.92 Å². The number of nitrogens with two attached hydrogens (primary N) is 1. The lowest BCUT2D eigenvalue weighted by Crippen LogP contribution is -2.33. The molecule has 3 rings (SSSR count). The van der Waals surface area contributed by atoms with Crippen LogP contribution >= 0.6 is 0 Å². The maximum atomic E-state index is 5.84. The zero-order chi connectivity index (χ0) is 12.6. The van der Waals surface area contributed by atoms with E-state index in [1.807, 2.05) is 0 Å². The van der Waals surface area contributed by atoms with Crippen molar-refractivity contribution in [1.82, 2.24) is 14.8 Å². The Bertz CT molecular complexity index is 417. The largest absolute Gasteiger partial charge is 0.330 e. The summed E-state index contributed by atoms with van der Waals surface area (Å²) in [6.45, 7) is 4.19. The molecule has 0 radical (unpaired) electrons. The topological polar surface area (TPSA) is 56.7 Å². The molecular formula is C14H24N4. The molecule has 1 aromatic heterocycles. The van der Waals surface area contributed by atoms with Gasteiger partial charge in [0.05, 0.1) is 0 Å². The van der Waals surface area contributed by atoms with E-state index >= 15 is 0 Å². The molecule has 0 amide bonds. The van der Waals surface area contributed by atoms with Crippen LogP contribution in [0.5, 0.6) is 0 Å². The van der Waals surface area contributed by atoms with Crippen molar-refractivity contribution in [1.29, 1.82) is 0 Å². The predicted molar refractivity (Wildman–Crippen MR) is 71.3 cm³/mol. The number of hydrogen-bond acceptors (Lipinski definition) is 3. The highest BCUT2D eigenvalue weighted by molar-refractivity contribution is 5.12. The molecule has 2 aliphatic rings. The monoisotopic (exact) mass is 248 g/mol. The minimum absolute atomic E-state index is 0.250. The second kappa shape index (κ2) is 4.65. The van der Waals surface area contributed by atoms with Crippen molar-refractivity contribution in [2.75, 3.05) is 6.54 Å². The van der Waals surface area contributed by atoms with Crippen molar-refractivity contribution in [2.45, 2.75) is 63.8 Å². The highest BCUT2D eigenvalue weighted by atomic mass is 15.3. The van der Waals surface area contributed by atoms with Crippen LogP contribution in [0.2, 0.25) is 0 Å². The maximum absolute atomic E-state index is 5.84. The molecule has 0 saturated heterocycles. The van der Waals surface area contributed by atoms with Crippen LogP contribution in [0.3, 0.4) is 0 Å². The predicted octanol–water partition coefficient (Wildman–Crippen LogP) is 2.02. The van der Waals surface area contributed by atoms with E-state index in [2.05, 4.69) is 21.7 Å². The quantitative estimate of drug-likeness (QED) is 0.871. The lowest BCUT2D eigenvalue weighted by Gasteiger charge is -2.34. The van der Waals surface area contributed by atoms with Crippen LogP contribution in [0.25, 0.3) is 0 Å². The van der Waals surface area contributed by atoms with E-state index in [9.17, 15) is 0 Å². The highest BCUT2D eigenvalue weighted by Gasteiger charge is 2.35. The van der Waals surface area contributed by atoms with Crippen LogP contribution in [0.1, 0.15) is 57.1 Å². The molecule has 1 unspecified atom stereocenters. The summed E-state index contributed by atoms with van der Waals surface area (Å²) < 4.78 is 2.38. The standard InChI is InChI=1S/C14H24N4/c1-14(7-3-2-4-8-14)13-17-16-12-6-5-11(9-15)10-18(12)13/h11H,2-10,15H2,1H3. The highest BCUT2D eigenvalue weighted by Crippen LogP contribution is 2.39. The van der Waals surface area contributed by atoms with Crippen LogP contribution < -0.4 is 5.73 Å². The molecular weight excluding hydrogens is 224 g/mol. The van der Waals surface area contributed by atoms with E-state index in [1.54, 1.807) is 0 Å². The summed E-state index contributed by atoms with van der Waals surface area (Å²) in [5.74, 6) is 3.02. The van der Waals surface area contributed by atoms with E-state index in [0.29, 0.717) is 5.92 Å². The minimum Gasteiger partial charge on any atom is -0.330 e. The van der Waals surface area contributed by atoms with Gasteiger partial charge in [-0.2, -0.15) is 0 Å².